The molecule has 3 heteroatoms. The van der Waals surface area contributed by atoms with Gasteiger partial charge in [-0.05, 0) is 39.3 Å². The van der Waals surface area contributed by atoms with E-state index in [1.54, 1.807) is 0 Å². The largest absolute Gasteiger partial charge is 0.393 e. The van der Waals surface area contributed by atoms with Gasteiger partial charge in [0.15, 0.2) is 0 Å². The molecule has 0 bridgehead atoms. The van der Waals surface area contributed by atoms with Gasteiger partial charge in [0.1, 0.15) is 0 Å². The molecule has 0 spiro atoms. The van der Waals surface area contributed by atoms with Crippen LogP contribution in [0, 0.1) is 5.92 Å². The van der Waals surface area contributed by atoms with Crippen LogP contribution in [0.5, 0.6) is 0 Å². The molecule has 3 nitrogen and oxygen atoms in total. The number of nitrogens with one attached hydrogen (secondary N) is 1. The van der Waals surface area contributed by atoms with Gasteiger partial charge in [-0.1, -0.05) is 13.8 Å². The summed E-state index contributed by atoms with van der Waals surface area (Å²) in [5.41, 5.74) is 0. The first-order valence-corrected chi connectivity index (χ1v) is 6.12. The first-order valence-electron chi connectivity index (χ1n) is 6.12. The third kappa shape index (κ3) is 4.09. The van der Waals surface area contributed by atoms with Crippen molar-refractivity contribution < 1.29 is 5.11 Å². The second-order valence-electron chi connectivity index (χ2n) is 5.28. The van der Waals surface area contributed by atoms with Gasteiger partial charge in [-0.2, -0.15) is 0 Å². The Morgan fingerprint density at radius 1 is 1.47 bits per heavy atom. The second kappa shape index (κ2) is 5.83. The van der Waals surface area contributed by atoms with E-state index in [1.807, 2.05) is 0 Å². The monoisotopic (exact) mass is 214 g/mol. The summed E-state index contributed by atoms with van der Waals surface area (Å²) in [6, 6.07) is 1.31. The van der Waals surface area contributed by atoms with Gasteiger partial charge >= 0.3 is 0 Å². The van der Waals surface area contributed by atoms with Gasteiger partial charge in [0.05, 0.1) is 6.10 Å². The minimum absolute atomic E-state index is 0.158. The van der Waals surface area contributed by atoms with E-state index in [0.717, 1.165) is 19.5 Å². The highest BCUT2D eigenvalue weighted by Crippen LogP contribution is 2.14. The van der Waals surface area contributed by atoms with Gasteiger partial charge < -0.3 is 15.3 Å². The van der Waals surface area contributed by atoms with Crippen molar-refractivity contribution in [1.29, 1.82) is 0 Å². The fourth-order valence-electron chi connectivity index (χ4n) is 2.11. The van der Waals surface area contributed by atoms with Gasteiger partial charge in [-0.15, -0.1) is 0 Å². The Morgan fingerprint density at radius 2 is 2.13 bits per heavy atom. The summed E-state index contributed by atoms with van der Waals surface area (Å²) >= 11 is 0. The summed E-state index contributed by atoms with van der Waals surface area (Å²) in [5.74, 6) is 0.372. The molecular formula is C12H26N2O. The summed E-state index contributed by atoms with van der Waals surface area (Å²) in [5, 5.41) is 13.2. The molecule has 1 heterocycles. The third-order valence-electron chi connectivity index (χ3n) is 3.53. The molecule has 3 atom stereocenters. The maximum atomic E-state index is 9.65. The van der Waals surface area contributed by atoms with E-state index in [9.17, 15) is 5.11 Å². The summed E-state index contributed by atoms with van der Waals surface area (Å²) < 4.78 is 0. The van der Waals surface area contributed by atoms with Gasteiger partial charge in [0.25, 0.3) is 0 Å². The lowest BCUT2D eigenvalue weighted by Crippen LogP contribution is -2.34. The molecule has 1 fully saturated rings. The van der Waals surface area contributed by atoms with Crippen LogP contribution in [0.2, 0.25) is 0 Å². The quantitative estimate of drug-likeness (QED) is 0.719. The van der Waals surface area contributed by atoms with Crippen molar-refractivity contribution in [2.45, 2.75) is 51.8 Å². The summed E-state index contributed by atoms with van der Waals surface area (Å²) in [6.45, 7) is 8.47. The molecule has 0 aromatic carbocycles. The lowest BCUT2D eigenvalue weighted by molar-refractivity contribution is 0.115. The van der Waals surface area contributed by atoms with Crippen molar-refractivity contribution in [3.8, 4) is 0 Å². The smallest absolute Gasteiger partial charge is 0.0575 e. The number of hydrogen-bond acceptors (Lipinski definition) is 3. The lowest BCUT2D eigenvalue weighted by atomic mass is 10.0. The van der Waals surface area contributed by atoms with Crippen LogP contribution < -0.4 is 5.32 Å². The Morgan fingerprint density at radius 3 is 2.60 bits per heavy atom. The zero-order chi connectivity index (χ0) is 11.4. The molecular weight excluding hydrogens is 188 g/mol. The standard InChI is InChI=1S/C12H26N2O/c1-9(2)12(15)5-6-13-11-7-10(3)14(4)8-11/h9-13,15H,5-8H2,1-4H3. The molecule has 0 aromatic rings. The third-order valence-corrected chi connectivity index (χ3v) is 3.53. The van der Waals surface area contributed by atoms with Gasteiger partial charge in [0, 0.05) is 18.6 Å². The van der Waals surface area contributed by atoms with Crippen LogP contribution in [0.4, 0.5) is 0 Å². The number of nitrogens with zero attached hydrogens (tertiary/aromatic N) is 1. The molecule has 0 aromatic heterocycles. The highest BCUT2D eigenvalue weighted by molar-refractivity contribution is 4.85. The minimum atomic E-state index is -0.158. The predicted octanol–water partition coefficient (Wildman–Crippen LogP) is 1.08. The highest BCUT2D eigenvalue weighted by Gasteiger charge is 2.25. The molecule has 0 aliphatic carbocycles. The average Bonchev–Trinajstić information content (AvgIpc) is 2.46. The zero-order valence-electron chi connectivity index (χ0n) is 10.5. The maximum absolute atomic E-state index is 9.65. The fraction of sp³-hybridized carbons (Fsp3) is 1.00. The molecule has 1 rings (SSSR count). The van der Waals surface area contributed by atoms with E-state index in [-0.39, 0.29) is 6.10 Å². The topological polar surface area (TPSA) is 35.5 Å². The zero-order valence-corrected chi connectivity index (χ0v) is 10.5. The molecule has 3 unspecified atom stereocenters. The Hall–Kier alpha value is -0.120. The van der Waals surface area contributed by atoms with Crippen molar-refractivity contribution in [3.05, 3.63) is 0 Å². The van der Waals surface area contributed by atoms with Crippen molar-refractivity contribution in [1.82, 2.24) is 10.2 Å². The molecule has 1 aliphatic heterocycles. The average molecular weight is 214 g/mol. The number of likely N-dealkylation sites (tertiary alicyclic amines) is 1. The summed E-state index contributed by atoms with van der Waals surface area (Å²) in [4.78, 5) is 2.39. The molecule has 0 saturated carbocycles. The number of rotatable bonds is 5. The molecule has 0 radical (unpaired) electrons. The van der Waals surface area contributed by atoms with Crippen LogP contribution >= 0.6 is 0 Å². The van der Waals surface area contributed by atoms with Gasteiger partial charge in [-0.25, -0.2) is 0 Å². The SMILES string of the molecule is CC(C)C(O)CCNC1CC(C)N(C)C1. The normalized spacial score (nSPS) is 30.0. The van der Waals surface area contributed by atoms with Crippen LogP contribution in [-0.4, -0.2) is 48.3 Å². The van der Waals surface area contributed by atoms with E-state index >= 15 is 0 Å². The second-order valence-corrected chi connectivity index (χ2v) is 5.28. The molecule has 2 N–H and O–H groups in total. The molecule has 1 aliphatic rings. The predicted molar refractivity (Wildman–Crippen MR) is 64.0 cm³/mol. The first-order chi connectivity index (χ1) is 7.00. The number of aliphatic hydroxyl groups is 1. The highest BCUT2D eigenvalue weighted by atomic mass is 16.3. The number of aliphatic hydroxyl groups excluding tert-OH is 1. The lowest BCUT2D eigenvalue weighted by Gasteiger charge is -2.17. The first kappa shape index (κ1) is 12.9. The van der Waals surface area contributed by atoms with Crippen molar-refractivity contribution in [2.24, 2.45) is 5.92 Å². The number of likely N-dealkylation sites (N-methyl/N-ethyl adjacent to an activating group) is 1. The van der Waals surface area contributed by atoms with Crippen molar-refractivity contribution in [3.63, 3.8) is 0 Å². The number of hydrogen-bond donors (Lipinski definition) is 2. The Bertz CT molecular complexity index is 174. The molecule has 15 heavy (non-hydrogen) atoms. The van der Waals surface area contributed by atoms with Crippen LogP contribution in [-0.2, 0) is 0 Å². The fourth-order valence-corrected chi connectivity index (χ4v) is 2.11. The molecule has 90 valence electrons. The van der Waals surface area contributed by atoms with E-state index in [1.165, 1.54) is 6.42 Å². The van der Waals surface area contributed by atoms with Crippen LogP contribution in [0.1, 0.15) is 33.6 Å². The van der Waals surface area contributed by atoms with E-state index < -0.39 is 0 Å². The Balaban J connectivity index is 2.11. The van der Waals surface area contributed by atoms with Crippen molar-refractivity contribution in [2.75, 3.05) is 20.1 Å². The Kier molecular flexibility index (Phi) is 5.03. The summed E-state index contributed by atoms with van der Waals surface area (Å²) in [7, 11) is 2.18. The van der Waals surface area contributed by atoms with E-state index in [0.29, 0.717) is 18.0 Å². The molecule has 0 amide bonds. The summed E-state index contributed by atoms with van der Waals surface area (Å²) in [6.07, 6.45) is 1.94. The Labute approximate surface area is 93.9 Å². The van der Waals surface area contributed by atoms with E-state index in [4.69, 9.17) is 0 Å². The van der Waals surface area contributed by atoms with Gasteiger partial charge in [-0.3, -0.25) is 0 Å². The van der Waals surface area contributed by atoms with Crippen molar-refractivity contribution >= 4 is 0 Å². The maximum Gasteiger partial charge on any atom is 0.0575 e. The van der Waals surface area contributed by atoms with E-state index in [2.05, 4.69) is 38.0 Å². The van der Waals surface area contributed by atoms with Crippen LogP contribution in [0.3, 0.4) is 0 Å². The minimum Gasteiger partial charge on any atom is -0.393 e. The van der Waals surface area contributed by atoms with Crippen LogP contribution in [0.15, 0.2) is 0 Å². The molecule has 1 saturated heterocycles. The van der Waals surface area contributed by atoms with Crippen LogP contribution in [0.25, 0.3) is 0 Å². The van der Waals surface area contributed by atoms with Gasteiger partial charge in [0.2, 0.25) is 0 Å².